The lowest BCUT2D eigenvalue weighted by Crippen LogP contribution is -1.96. The number of H-pyrrole nitrogens is 2. The summed E-state index contributed by atoms with van der Waals surface area (Å²) in [7, 11) is 3.16. The molecule has 0 unspecified atom stereocenters. The average Bonchev–Trinajstić information content (AvgIpc) is 3.00. The highest BCUT2D eigenvalue weighted by atomic mass is 16.5. The van der Waals surface area contributed by atoms with Crippen LogP contribution in [-0.4, -0.2) is 24.4 Å². The molecule has 3 aromatic rings. The van der Waals surface area contributed by atoms with Gasteiger partial charge in [-0.2, -0.15) is 5.11 Å². The zero-order valence-electron chi connectivity index (χ0n) is 13.2. The minimum atomic E-state index is -0.354. The van der Waals surface area contributed by atoms with Crippen molar-refractivity contribution in [1.29, 1.82) is 0 Å². The van der Waals surface area contributed by atoms with Gasteiger partial charge in [0.25, 0.3) is 5.56 Å². The van der Waals surface area contributed by atoms with Gasteiger partial charge in [0.1, 0.15) is 11.5 Å². The number of aromatic amines is 2. The van der Waals surface area contributed by atoms with Crippen LogP contribution in [0.4, 0.5) is 11.4 Å². The molecule has 0 aliphatic heterocycles. The second-order valence-electron chi connectivity index (χ2n) is 4.90. The number of methoxy groups -OCH3 is 2. The molecule has 3 rings (SSSR count). The molecule has 0 saturated heterocycles. The first-order valence-electron chi connectivity index (χ1n) is 7.22. The van der Waals surface area contributed by atoms with Crippen molar-refractivity contribution in [3.8, 4) is 22.8 Å². The Morgan fingerprint density at radius 3 is 2.33 bits per heavy atom. The summed E-state index contributed by atoms with van der Waals surface area (Å²) in [6, 6.07) is 14.4. The van der Waals surface area contributed by atoms with Crippen LogP contribution in [0.3, 0.4) is 0 Å². The third kappa shape index (κ3) is 3.05. The molecule has 0 spiro atoms. The number of rotatable bonds is 5. The molecule has 0 aliphatic carbocycles. The van der Waals surface area contributed by atoms with Gasteiger partial charge in [0.2, 0.25) is 0 Å². The Labute approximate surface area is 138 Å². The molecule has 7 nitrogen and oxygen atoms in total. The van der Waals surface area contributed by atoms with E-state index in [9.17, 15) is 4.79 Å². The van der Waals surface area contributed by atoms with Gasteiger partial charge in [-0.1, -0.05) is 12.1 Å². The van der Waals surface area contributed by atoms with Crippen molar-refractivity contribution in [3.63, 3.8) is 0 Å². The summed E-state index contributed by atoms with van der Waals surface area (Å²) in [5, 5.41) is 13.6. The third-order valence-corrected chi connectivity index (χ3v) is 3.47. The molecule has 2 aromatic carbocycles. The minimum Gasteiger partial charge on any atom is -0.497 e. The quantitative estimate of drug-likeness (QED) is 0.699. The van der Waals surface area contributed by atoms with Crippen LogP contribution in [0.15, 0.2) is 63.6 Å². The third-order valence-electron chi connectivity index (χ3n) is 3.47. The van der Waals surface area contributed by atoms with Crippen LogP contribution in [0.2, 0.25) is 0 Å². The van der Waals surface area contributed by atoms with Gasteiger partial charge < -0.3 is 9.47 Å². The van der Waals surface area contributed by atoms with Gasteiger partial charge in [-0.15, -0.1) is 5.11 Å². The molecule has 1 heterocycles. The first-order chi connectivity index (χ1) is 11.7. The monoisotopic (exact) mass is 324 g/mol. The zero-order chi connectivity index (χ0) is 16.9. The maximum atomic E-state index is 12.0. The Hall–Kier alpha value is -3.35. The highest BCUT2D eigenvalue weighted by molar-refractivity contribution is 5.76. The molecule has 2 N–H and O–H groups in total. The van der Waals surface area contributed by atoms with Gasteiger partial charge in [0, 0.05) is 5.56 Å². The molecule has 0 radical (unpaired) electrons. The van der Waals surface area contributed by atoms with E-state index in [1.54, 1.807) is 38.5 Å². The normalized spacial score (nSPS) is 10.9. The maximum Gasteiger partial charge on any atom is 0.292 e. The van der Waals surface area contributed by atoms with Crippen molar-refractivity contribution in [2.45, 2.75) is 0 Å². The second-order valence-corrected chi connectivity index (χ2v) is 4.90. The van der Waals surface area contributed by atoms with Gasteiger partial charge in [-0.3, -0.25) is 15.0 Å². The first kappa shape index (κ1) is 15.5. The molecule has 122 valence electrons. The summed E-state index contributed by atoms with van der Waals surface area (Å²) in [6.07, 6.45) is 0. The van der Waals surface area contributed by atoms with Gasteiger partial charge in [0.05, 0.1) is 25.6 Å². The zero-order valence-corrected chi connectivity index (χ0v) is 13.2. The van der Waals surface area contributed by atoms with Crippen molar-refractivity contribution in [1.82, 2.24) is 10.2 Å². The van der Waals surface area contributed by atoms with Gasteiger partial charge in [-0.25, -0.2) is 0 Å². The van der Waals surface area contributed by atoms with Crippen LogP contribution in [0.25, 0.3) is 11.3 Å². The number of hydrogen-bond donors (Lipinski definition) is 2. The van der Waals surface area contributed by atoms with Gasteiger partial charge in [-0.05, 0) is 36.4 Å². The fraction of sp³-hybridized carbons (Fsp3) is 0.118. The van der Waals surface area contributed by atoms with E-state index >= 15 is 0 Å². The summed E-state index contributed by atoms with van der Waals surface area (Å²) >= 11 is 0. The van der Waals surface area contributed by atoms with Crippen molar-refractivity contribution in [2.24, 2.45) is 10.2 Å². The van der Waals surface area contributed by atoms with E-state index in [4.69, 9.17) is 9.47 Å². The Morgan fingerprint density at radius 2 is 1.62 bits per heavy atom. The van der Waals surface area contributed by atoms with E-state index in [1.165, 1.54) is 0 Å². The van der Waals surface area contributed by atoms with Crippen LogP contribution in [0.1, 0.15) is 0 Å². The number of benzene rings is 2. The van der Waals surface area contributed by atoms with Crippen LogP contribution >= 0.6 is 0 Å². The number of azo groups is 1. The molecule has 0 saturated carbocycles. The topological polar surface area (TPSA) is 91.8 Å². The molecule has 0 amide bonds. The molecule has 7 heteroatoms. The van der Waals surface area contributed by atoms with Gasteiger partial charge >= 0.3 is 0 Å². The average molecular weight is 324 g/mol. The Balaban J connectivity index is 1.98. The first-order valence-corrected chi connectivity index (χ1v) is 7.22. The fourth-order valence-corrected chi connectivity index (χ4v) is 2.25. The largest absolute Gasteiger partial charge is 0.497 e. The lowest BCUT2D eigenvalue weighted by Gasteiger charge is -2.06. The lowest BCUT2D eigenvalue weighted by atomic mass is 10.1. The summed E-state index contributed by atoms with van der Waals surface area (Å²) in [5.74, 6) is 1.36. The van der Waals surface area contributed by atoms with Crippen LogP contribution < -0.4 is 15.0 Å². The summed E-state index contributed by atoms with van der Waals surface area (Å²) < 4.78 is 10.4. The number of ether oxygens (including phenoxy) is 2. The molecular formula is C17H16N4O3. The number of para-hydroxylation sites is 1. The molecule has 1 aromatic heterocycles. The summed E-state index contributed by atoms with van der Waals surface area (Å²) in [6.45, 7) is 0. The maximum absolute atomic E-state index is 12.0. The predicted octanol–water partition coefficient (Wildman–Crippen LogP) is 3.80. The molecule has 0 atom stereocenters. The number of nitrogens with zero attached hydrogens (tertiary/aromatic N) is 2. The van der Waals surface area contributed by atoms with Crippen molar-refractivity contribution in [2.75, 3.05) is 14.2 Å². The molecular weight excluding hydrogens is 308 g/mol. The number of nitrogens with one attached hydrogen (secondary N) is 2. The van der Waals surface area contributed by atoms with Crippen molar-refractivity contribution in [3.05, 3.63) is 58.9 Å². The molecule has 24 heavy (non-hydrogen) atoms. The second kappa shape index (κ2) is 6.82. The smallest absolute Gasteiger partial charge is 0.292 e. The van der Waals surface area contributed by atoms with Crippen LogP contribution in [0, 0.1) is 0 Å². The number of hydrogen-bond acceptors (Lipinski definition) is 5. The van der Waals surface area contributed by atoms with E-state index < -0.39 is 0 Å². The van der Waals surface area contributed by atoms with E-state index in [2.05, 4.69) is 20.4 Å². The Bertz CT molecular complexity index is 910. The van der Waals surface area contributed by atoms with E-state index in [0.29, 0.717) is 17.1 Å². The van der Waals surface area contributed by atoms with E-state index in [1.807, 2.05) is 24.3 Å². The summed E-state index contributed by atoms with van der Waals surface area (Å²) in [4.78, 5) is 12.0. The standard InChI is InChI=1S/C17H16N4O3/c1-23-12-9-7-11(8-10-12)18-20-16-15(19-21-17(16)22)13-5-3-4-6-14(13)24-2/h3-10H,1-2H3,(H2,19,21,22). The number of aromatic nitrogens is 2. The lowest BCUT2D eigenvalue weighted by molar-refractivity contribution is 0.415. The van der Waals surface area contributed by atoms with Crippen molar-refractivity contribution < 1.29 is 9.47 Å². The molecule has 0 aliphatic rings. The van der Waals surface area contributed by atoms with Gasteiger partial charge in [0.15, 0.2) is 5.69 Å². The minimum absolute atomic E-state index is 0.190. The predicted molar refractivity (Wildman–Crippen MR) is 90.6 cm³/mol. The Morgan fingerprint density at radius 1 is 0.875 bits per heavy atom. The fourth-order valence-electron chi connectivity index (χ4n) is 2.25. The highest BCUT2D eigenvalue weighted by Gasteiger charge is 2.15. The SMILES string of the molecule is COc1ccc(N=Nc2c(-c3ccccc3OC)[nH][nH]c2=O)cc1. The Kier molecular flexibility index (Phi) is 4.42. The van der Waals surface area contributed by atoms with Crippen molar-refractivity contribution >= 4 is 11.4 Å². The van der Waals surface area contributed by atoms with E-state index in [0.717, 1.165) is 11.3 Å². The van der Waals surface area contributed by atoms with Crippen LogP contribution in [-0.2, 0) is 0 Å². The molecule has 0 fully saturated rings. The highest BCUT2D eigenvalue weighted by Crippen LogP contribution is 2.33. The van der Waals surface area contributed by atoms with E-state index in [-0.39, 0.29) is 11.2 Å². The summed E-state index contributed by atoms with van der Waals surface area (Å²) in [5.41, 5.74) is 1.70. The van der Waals surface area contributed by atoms with Crippen LogP contribution in [0.5, 0.6) is 11.5 Å². The molecule has 0 bridgehead atoms.